The molecule has 3 amide bonds. The lowest BCUT2D eigenvalue weighted by atomic mass is 10.1. The summed E-state index contributed by atoms with van der Waals surface area (Å²) in [7, 11) is 0. The molecule has 9 heteroatoms. The molecule has 2 atom stereocenters. The highest BCUT2D eigenvalue weighted by atomic mass is 32.1. The van der Waals surface area contributed by atoms with Gasteiger partial charge in [-0.2, -0.15) is 0 Å². The quantitative estimate of drug-likeness (QED) is 0.674. The van der Waals surface area contributed by atoms with Crippen LogP contribution in [-0.4, -0.2) is 52.8 Å². The molecule has 1 aliphatic rings. The van der Waals surface area contributed by atoms with Crippen LogP contribution >= 0.6 is 11.3 Å². The second-order valence-corrected chi connectivity index (χ2v) is 6.95. The first-order valence-corrected chi connectivity index (χ1v) is 8.81. The fourth-order valence-corrected chi connectivity index (χ4v) is 3.03. The second-order valence-electron chi connectivity index (χ2n) is 6.06. The van der Waals surface area contributed by atoms with Gasteiger partial charge in [0.15, 0.2) is 5.13 Å². The number of nitrogens with zero attached hydrogens (tertiary/aromatic N) is 2. The first-order chi connectivity index (χ1) is 11.4. The molecule has 0 radical (unpaired) electrons. The summed E-state index contributed by atoms with van der Waals surface area (Å²) in [5, 5.41) is 7.54. The Morgan fingerprint density at radius 1 is 1.46 bits per heavy atom. The molecule has 0 aromatic carbocycles. The molecule has 24 heavy (non-hydrogen) atoms. The molecule has 0 saturated carbocycles. The van der Waals surface area contributed by atoms with Gasteiger partial charge >= 0.3 is 0 Å². The van der Waals surface area contributed by atoms with Gasteiger partial charge in [0.2, 0.25) is 17.7 Å². The Bertz CT molecular complexity index is 590. The monoisotopic (exact) mass is 353 g/mol. The van der Waals surface area contributed by atoms with E-state index in [2.05, 4.69) is 15.6 Å². The number of likely N-dealkylation sites (tertiary alicyclic amines) is 1. The van der Waals surface area contributed by atoms with E-state index in [1.54, 1.807) is 11.6 Å². The van der Waals surface area contributed by atoms with E-state index in [0.29, 0.717) is 18.1 Å². The van der Waals surface area contributed by atoms with Gasteiger partial charge in [0.1, 0.15) is 6.04 Å². The van der Waals surface area contributed by atoms with E-state index in [9.17, 15) is 14.4 Å². The molecule has 1 aromatic heterocycles. The minimum Gasteiger partial charge on any atom is -0.346 e. The maximum atomic E-state index is 12.3. The smallest absolute Gasteiger partial charge is 0.248 e. The standard InChI is InChI=1S/C15H23N5O3S/c1-9(2)12(16)14(23)18-8-11(21)20-6-3-4-10(20)13(22)19-15-17-5-7-24-15/h5,7,9-10,12H,3-4,6,8,16H2,1-2H3,(H,18,23)(H,17,19,22)/t10?,12-/m0/s1. The average Bonchev–Trinajstić information content (AvgIpc) is 3.22. The lowest BCUT2D eigenvalue weighted by molar-refractivity contribution is -0.137. The van der Waals surface area contributed by atoms with Crippen molar-refractivity contribution in [3.63, 3.8) is 0 Å². The molecular formula is C15H23N5O3S. The van der Waals surface area contributed by atoms with Crippen LogP contribution in [0.5, 0.6) is 0 Å². The fraction of sp³-hybridized carbons (Fsp3) is 0.600. The molecular weight excluding hydrogens is 330 g/mol. The van der Waals surface area contributed by atoms with Crippen molar-refractivity contribution in [2.45, 2.75) is 38.8 Å². The van der Waals surface area contributed by atoms with Crippen LogP contribution in [0, 0.1) is 5.92 Å². The largest absolute Gasteiger partial charge is 0.346 e. The summed E-state index contributed by atoms with van der Waals surface area (Å²) in [5.41, 5.74) is 5.74. The van der Waals surface area contributed by atoms with E-state index in [1.807, 2.05) is 13.8 Å². The summed E-state index contributed by atoms with van der Waals surface area (Å²) in [5.74, 6) is -0.901. The lowest BCUT2D eigenvalue weighted by Gasteiger charge is -2.24. The molecule has 0 spiro atoms. The normalized spacial score (nSPS) is 18.5. The number of carbonyl (C=O) groups is 3. The number of carbonyl (C=O) groups excluding carboxylic acids is 3. The van der Waals surface area contributed by atoms with Gasteiger partial charge < -0.3 is 21.3 Å². The first-order valence-electron chi connectivity index (χ1n) is 7.93. The minimum atomic E-state index is -0.652. The van der Waals surface area contributed by atoms with E-state index in [4.69, 9.17) is 5.73 Å². The molecule has 4 N–H and O–H groups in total. The van der Waals surface area contributed by atoms with E-state index in [-0.39, 0.29) is 30.2 Å². The summed E-state index contributed by atoms with van der Waals surface area (Å²) in [6.45, 7) is 4.03. The maximum absolute atomic E-state index is 12.3. The molecule has 132 valence electrons. The average molecular weight is 353 g/mol. The number of hydrogen-bond donors (Lipinski definition) is 3. The van der Waals surface area contributed by atoms with Gasteiger partial charge in [-0.25, -0.2) is 4.98 Å². The Kier molecular flexibility index (Phi) is 6.27. The number of hydrogen-bond acceptors (Lipinski definition) is 6. The Hall–Kier alpha value is -2.00. The third-order valence-electron chi connectivity index (χ3n) is 3.97. The van der Waals surface area contributed by atoms with Crippen LogP contribution in [0.3, 0.4) is 0 Å². The Morgan fingerprint density at radius 2 is 2.21 bits per heavy atom. The number of rotatable bonds is 6. The highest BCUT2D eigenvalue weighted by Crippen LogP contribution is 2.20. The van der Waals surface area contributed by atoms with Gasteiger partial charge in [-0.1, -0.05) is 13.8 Å². The number of nitrogens with two attached hydrogens (primary N) is 1. The van der Waals surface area contributed by atoms with Crippen molar-refractivity contribution in [2.75, 3.05) is 18.4 Å². The van der Waals surface area contributed by atoms with Gasteiger partial charge in [0, 0.05) is 18.1 Å². The SMILES string of the molecule is CC(C)[C@H](N)C(=O)NCC(=O)N1CCCC1C(=O)Nc1nccs1. The Morgan fingerprint density at radius 3 is 2.83 bits per heavy atom. The van der Waals surface area contributed by atoms with Gasteiger partial charge in [0.25, 0.3) is 0 Å². The van der Waals surface area contributed by atoms with E-state index in [0.717, 1.165) is 6.42 Å². The van der Waals surface area contributed by atoms with E-state index in [1.165, 1.54) is 16.2 Å². The Balaban J connectivity index is 1.88. The zero-order chi connectivity index (χ0) is 17.7. The number of anilines is 1. The molecule has 0 aliphatic carbocycles. The van der Waals surface area contributed by atoms with Crippen molar-refractivity contribution in [3.05, 3.63) is 11.6 Å². The number of amides is 3. The minimum absolute atomic E-state index is 0.0105. The van der Waals surface area contributed by atoms with E-state index < -0.39 is 12.1 Å². The second kappa shape index (κ2) is 8.20. The highest BCUT2D eigenvalue weighted by Gasteiger charge is 2.34. The third kappa shape index (κ3) is 4.51. The van der Waals surface area contributed by atoms with Crippen molar-refractivity contribution < 1.29 is 14.4 Å². The maximum Gasteiger partial charge on any atom is 0.248 e. The summed E-state index contributed by atoms with van der Waals surface area (Å²) >= 11 is 1.32. The Labute approximate surface area is 144 Å². The number of nitrogens with one attached hydrogen (secondary N) is 2. The van der Waals surface area contributed by atoms with Crippen molar-refractivity contribution >= 4 is 34.2 Å². The predicted octanol–water partition coefficient (Wildman–Crippen LogP) is 0.172. The molecule has 1 aliphatic heterocycles. The van der Waals surface area contributed by atoms with Crippen LogP contribution in [0.4, 0.5) is 5.13 Å². The van der Waals surface area contributed by atoms with Gasteiger partial charge in [0.05, 0.1) is 12.6 Å². The van der Waals surface area contributed by atoms with Crippen LogP contribution in [0.1, 0.15) is 26.7 Å². The zero-order valence-electron chi connectivity index (χ0n) is 13.8. The number of aromatic nitrogens is 1. The zero-order valence-corrected chi connectivity index (χ0v) is 14.6. The summed E-state index contributed by atoms with van der Waals surface area (Å²) in [4.78, 5) is 42.0. The van der Waals surface area contributed by atoms with Crippen molar-refractivity contribution in [1.82, 2.24) is 15.2 Å². The van der Waals surface area contributed by atoms with Crippen LogP contribution in [0.2, 0.25) is 0 Å². The fourth-order valence-electron chi connectivity index (χ4n) is 2.50. The van der Waals surface area contributed by atoms with Gasteiger partial charge in [-0.05, 0) is 18.8 Å². The molecule has 2 rings (SSSR count). The molecule has 1 fully saturated rings. The molecule has 1 saturated heterocycles. The van der Waals surface area contributed by atoms with Gasteiger partial charge in [-0.15, -0.1) is 11.3 Å². The summed E-state index contributed by atoms with van der Waals surface area (Å²) in [6, 6.07) is -1.18. The molecule has 1 unspecified atom stereocenters. The van der Waals surface area contributed by atoms with Crippen molar-refractivity contribution in [2.24, 2.45) is 11.7 Å². The van der Waals surface area contributed by atoms with Crippen LogP contribution < -0.4 is 16.4 Å². The first kappa shape index (κ1) is 18.3. The van der Waals surface area contributed by atoms with Crippen LogP contribution in [0.15, 0.2) is 11.6 Å². The van der Waals surface area contributed by atoms with Crippen LogP contribution in [0.25, 0.3) is 0 Å². The summed E-state index contributed by atoms with van der Waals surface area (Å²) in [6.07, 6.45) is 2.95. The van der Waals surface area contributed by atoms with Crippen LogP contribution in [-0.2, 0) is 14.4 Å². The van der Waals surface area contributed by atoms with Crippen molar-refractivity contribution in [1.29, 1.82) is 0 Å². The van der Waals surface area contributed by atoms with E-state index >= 15 is 0 Å². The summed E-state index contributed by atoms with van der Waals surface area (Å²) < 4.78 is 0. The predicted molar refractivity (Wildman–Crippen MR) is 91.3 cm³/mol. The highest BCUT2D eigenvalue weighted by molar-refractivity contribution is 7.13. The molecule has 8 nitrogen and oxygen atoms in total. The molecule has 2 heterocycles. The lowest BCUT2D eigenvalue weighted by Crippen LogP contribution is -2.50. The third-order valence-corrected chi connectivity index (χ3v) is 4.66. The van der Waals surface area contributed by atoms with Gasteiger partial charge in [-0.3, -0.25) is 14.4 Å². The topological polar surface area (TPSA) is 117 Å². The number of thiazole rings is 1. The molecule has 0 bridgehead atoms. The van der Waals surface area contributed by atoms with Crippen molar-refractivity contribution in [3.8, 4) is 0 Å². The molecule has 1 aromatic rings.